The summed E-state index contributed by atoms with van der Waals surface area (Å²) in [4.78, 5) is 14.6. The molecule has 0 spiro atoms. The maximum Gasteiger partial charge on any atom is 0.238 e. The predicted octanol–water partition coefficient (Wildman–Crippen LogP) is 3.15. The maximum absolute atomic E-state index is 12.4. The molecule has 1 aromatic carbocycles. The largest absolute Gasteiger partial charge is 0.393 e. The van der Waals surface area contributed by atoms with Gasteiger partial charge < -0.3 is 10.4 Å². The van der Waals surface area contributed by atoms with Gasteiger partial charge in [-0.25, -0.2) is 0 Å². The lowest BCUT2D eigenvalue weighted by molar-refractivity contribution is -0.117. The molecule has 1 aromatic rings. The molecular weight excluding hydrogens is 288 g/mol. The summed E-state index contributed by atoms with van der Waals surface area (Å²) in [6, 6.07) is 6.16. The molecule has 23 heavy (non-hydrogen) atoms. The van der Waals surface area contributed by atoms with Gasteiger partial charge in [0.15, 0.2) is 0 Å². The summed E-state index contributed by atoms with van der Waals surface area (Å²) in [6.45, 7) is 10.4. The molecule has 1 aliphatic heterocycles. The Hall–Kier alpha value is -1.39. The molecule has 1 heterocycles. The minimum atomic E-state index is -0.244. The molecule has 1 amide bonds. The molecule has 0 aliphatic carbocycles. The average Bonchev–Trinajstić information content (AvgIpc) is 2.49. The van der Waals surface area contributed by atoms with Crippen LogP contribution in [0.15, 0.2) is 18.2 Å². The van der Waals surface area contributed by atoms with Gasteiger partial charge in [-0.3, -0.25) is 9.69 Å². The number of likely N-dealkylation sites (tertiary alicyclic amines) is 1. The lowest BCUT2D eigenvalue weighted by Crippen LogP contribution is -2.41. The Balaban J connectivity index is 1.94. The fraction of sp³-hybridized carbons (Fsp3) is 0.632. The highest BCUT2D eigenvalue weighted by Crippen LogP contribution is 2.27. The van der Waals surface area contributed by atoms with Crippen LogP contribution in [0, 0.1) is 12.8 Å². The van der Waals surface area contributed by atoms with Crippen LogP contribution in [0.3, 0.4) is 0 Å². The van der Waals surface area contributed by atoms with Crippen molar-refractivity contribution in [3.8, 4) is 0 Å². The van der Waals surface area contributed by atoms with E-state index in [4.69, 9.17) is 0 Å². The van der Waals surface area contributed by atoms with Crippen molar-refractivity contribution in [3.05, 3.63) is 29.3 Å². The number of rotatable bonds is 5. The van der Waals surface area contributed by atoms with Crippen molar-refractivity contribution >= 4 is 11.6 Å². The van der Waals surface area contributed by atoms with E-state index >= 15 is 0 Å². The number of hydrogen-bond acceptors (Lipinski definition) is 3. The number of aliphatic hydroxyl groups is 1. The van der Waals surface area contributed by atoms with E-state index < -0.39 is 0 Å². The summed E-state index contributed by atoms with van der Waals surface area (Å²) in [5.41, 5.74) is 3.26. The van der Waals surface area contributed by atoms with Gasteiger partial charge >= 0.3 is 0 Å². The lowest BCUT2D eigenvalue weighted by atomic mass is 9.92. The third-order valence-electron chi connectivity index (χ3n) is 4.87. The Morgan fingerprint density at radius 2 is 1.96 bits per heavy atom. The van der Waals surface area contributed by atoms with Crippen molar-refractivity contribution in [3.63, 3.8) is 0 Å². The molecule has 128 valence electrons. The minimum absolute atomic E-state index is 0.0525. The van der Waals surface area contributed by atoms with Crippen molar-refractivity contribution in [2.75, 3.05) is 25.0 Å². The van der Waals surface area contributed by atoms with Crippen LogP contribution in [0.1, 0.15) is 50.7 Å². The molecule has 4 nitrogen and oxygen atoms in total. The summed E-state index contributed by atoms with van der Waals surface area (Å²) < 4.78 is 0. The Labute approximate surface area is 139 Å². The molecule has 0 aromatic heterocycles. The van der Waals surface area contributed by atoms with E-state index in [2.05, 4.69) is 30.1 Å². The number of nitrogens with one attached hydrogen (secondary N) is 1. The van der Waals surface area contributed by atoms with Crippen LogP contribution in [0.2, 0.25) is 0 Å². The number of hydrogen-bond donors (Lipinski definition) is 2. The Morgan fingerprint density at radius 3 is 2.52 bits per heavy atom. The molecule has 4 heteroatoms. The van der Waals surface area contributed by atoms with E-state index in [0.29, 0.717) is 18.4 Å². The first-order valence-electron chi connectivity index (χ1n) is 8.68. The summed E-state index contributed by atoms with van der Waals surface area (Å²) >= 11 is 0. The minimum Gasteiger partial charge on any atom is -0.393 e. The second-order valence-corrected chi connectivity index (χ2v) is 7.10. The Morgan fingerprint density at radius 1 is 1.30 bits per heavy atom. The van der Waals surface area contributed by atoms with Gasteiger partial charge in [0.2, 0.25) is 5.91 Å². The molecule has 1 atom stereocenters. The molecule has 1 unspecified atom stereocenters. The maximum atomic E-state index is 12.4. The molecule has 1 saturated heterocycles. The number of para-hydroxylation sites is 1. The van der Waals surface area contributed by atoms with E-state index in [9.17, 15) is 9.90 Å². The number of carbonyl (C=O) groups excluding carboxylic acids is 1. The van der Waals surface area contributed by atoms with Gasteiger partial charge in [0.25, 0.3) is 0 Å². The van der Waals surface area contributed by atoms with E-state index in [-0.39, 0.29) is 12.0 Å². The van der Waals surface area contributed by atoms with Crippen molar-refractivity contribution in [1.82, 2.24) is 4.90 Å². The second kappa shape index (κ2) is 7.93. The quantitative estimate of drug-likeness (QED) is 0.877. The molecular formula is C19H30N2O2. The number of aryl methyl sites for hydroxylation is 1. The summed E-state index contributed by atoms with van der Waals surface area (Å²) in [5.74, 6) is 0.807. The first-order valence-corrected chi connectivity index (χ1v) is 8.68. The number of carbonyl (C=O) groups is 1. The molecule has 0 saturated carbocycles. The van der Waals surface area contributed by atoms with Crippen LogP contribution in [0.5, 0.6) is 0 Å². The zero-order valence-electron chi connectivity index (χ0n) is 14.8. The third-order valence-corrected chi connectivity index (χ3v) is 4.87. The molecule has 1 aliphatic rings. The van der Waals surface area contributed by atoms with E-state index in [1.54, 1.807) is 0 Å². The molecule has 2 N–H and O–H groups in total. The van der Waals surface area contributed by atoms with Gasteiger partial charge in [-0.05, 0) is 62.7 Å². The van der Waals surface area contributed by atoms with Gasteiger partial charge in [-0.15, -0.1) is 0 Å². The monoisotopic (exact) mass is 318 g/mol. The fourth-order valence-electron chi connectivity index (χ4n) is 3.32. The summed E-state index contributed by atoms with van der Waals surface area (Å²) in [6.07, 6.45) is 1.69. The summed E-state index contributed by atoms with van der Waals surface area (Å²) in [7, 11) is 0. The van der Waals surface area contributed by atoms with Crippen LogP contribution in [-0.2, 0) is 4.79 Å². The number of anilines is 1. The van der Waals surface area contributed by atoms with Gasteiger partial charge in [0.1, 0.15) is 0 Å². The molecule has 2 rings (SSSR count). The highest BCUT2D eigenvalue weighted by Gasteiger charge is 2.24. The zero-order chi connectivity index (χ0) is 17.0. The topological polar surface area (TPSA) is 52.6 Å². The number of benzene rings is 1. The number of amides is 1. The number of piperidine rings is 1. The average molecular weight is 318 g/mol. The van der Waals surface area contributed by atoms with Crippen LogP contribution in [0.25, 0.3) is 0 Å². The van der Waals surface area contributed by atoms with Crippen molar-refractivity contribution in [2.24, 2.45) is 5.92 Å². The van der Waals surface area contributed by atoms with Gasteiger partial charge in [0, 0.05) is 5.69 Å². The molecule has 1 fully saturated rings. The molecule has 0 bridgehead atoms. The normalized spacial score (nSPS) is 18.2. The summed E-state index contributed by atoms with van der Waals surface area (Å²) in [5, 5.41) is 12.8. The highest BCUT2D eigenvalue weighted by atomic mass is 16.3. The van der Waals surface area contributed by atoms with Crippen LogP contribution in [-0.4, -0.2) is 41.7 Å². The van der Waals surface area contributed by atoms with Crippen LogP contribution in [0.4, 0.5) is 5.69 Å². The van der Waals surface area contributed by atoms with E-state index in [0.717, 1.165) is 37.2 Å². The van der Waals surface area contributed by atoms with Gasteiger partial charge in [0.05, 0.1) is 12.6 Å². The lowest BCUT2D eigenvalue weighted by Gasteiger charge is -2.32. The van der Waals surface area contributed by atoms with Crippen LogP contribution >= 0.6 is 0 Å². The van der Waals surface area contributed by atoms with Crippen molar-refractivity contribution in [2.45, 2.75) is 52.6 Å². The predicted molar refractivity (Wildman–Crippen MR) is 94.7 cm³/mol. The standard InChI is InChI=1S/C19H30N2O2/c1-13(2)17-7-5-6-14(3)19(17)20-18(23)12-21-10-8-16(9-11-21)15(4)22/h5-7,13,15-16,22H,8-12H2,1-4H3,(H,20,23). The van der Waals surface area contributed by atoms with Crippen molar-refractivity contribution < 1.29 is 9.90 Å². The van der Waals surface area contributed by atoms with E-state index in [1.807, 2.05) is 26.0 Å². The zero-order valence-corrected chi connectivity index (χ0v) is 14.8. The first-order chi connectivity index (χ1) is 10.9. The second-order valence-electron chi connectivity index (χ2n) is 7.10. The fourth-order valence-corrected chi connectivity index (χ4v) is 3.32. The van der Waals surface area contributed by atoms with Gasteiger partial charge in [-0.2, -0.15) is 0 Å². The van der Waals surface area contributed by atoms with E-state index in [1.165, 1.54) is 5.56 Å². The van der Waals surface area contributed by atoms with Gasteiger partial charge in [-0.1, -0.05) is 32.0 Å². The van der Waals surface area contributed by atoms with Crippen molar-refractivity contribution in [1.29, 1.82) is 0 Å². The Bertz CT molecular complexity index is 532. The first kappa shape index (κ1) is 18.0. The number of aliphatic hydroxyl groups excluding tert-OH is 1. The van der Waals surface area contributed by atoms with Crippen LogP contribution < -0.4 is 5.32 Å². The number of nitrogens with zero attached hydrogens (tertiary/aromatic N) is 1. The highest BCUT2D eigenvalue weighted by molar-refractivity contribution is 5.93. The third kappa shape index (κ3) is 4.79. The smallest absolute Gasteiger partial charge is 0.238 e. The molecule has 0 radical (unpaired) electrons. The SMILES string of the molecule is Cc1cccc(C(C)C)c1NC(=O)CN1CCC(C(C)O)CC1. The Kier molecular flexibility index (Phi) is 6.19.